The van der Waals surface area contributed by atoms with Crippen molar-refractivity contribution >= 4 is 0 Å². The van der Waals surface area contributed by atoms with Crippen LogP contribution in [0.25, 0.3) is 0 Å². The summed E-state index contributed by atoms with van der Waals surface area (Å²) < 4.78 is 39.7. The normalized spacial score (nSPS) is 37.5. The molecule has 4 atom stereocenters. The Labute approximate surface area is 146 Å². The Morgan fingerprint density at radius 3 is 1.92 bits per heavy atom. The Morgan fingerprint density at radius 1 is 0.750 bits per heavy atom. The van der Waals surface area contributed by atoms with Crippen LogP contribution in [-0.2, 0) is 9.47 Å². The van der Waals surface area contributed by atoms with Crippen molar-refractivity contribution in [3.63, 3.8) is 0 Å². The number of ether oxygens (including phenoxy) is 2. The van der Waals surface area contributed by atoms with E-state index in [9.17, 15) is 8.78 Å². The summed E-state index contributed by atoms with van der Waals surface area (Å²) in [6.07, 6.45) is 6.58. The van der Waals surface area contributed by atoms with E-state index in [-0.39, 0.29) is 0 Å². The number of alkyl halides is 2. The average Bonchev–Trinajstić information content (AvgIpc) is 2.61. The van der Waals surface area contributed by atoms with Gasteiger partial charge in [-0.1, -0.05) is 46.0 Å². The van der Waals surface area contributed by atoms with Gasteiger partial charge in [0, 0.05) is 13.2 Å². The van der Waals surface area contributed by atoms with Gasteiger partial charge in [0.2, 0.25) is 0 Å². The Kier molecular flexibility index (Phi) is 8.96. The maximum atomic E-state index is 14.3. The summed E-state index contributed by atoms with van der Waals surface area (Å²) in [7, 11) is 0. The molecule has 0 bridgehead atoms. The van der Waals surface area contributed by atoms with Crippen molar-refractivity contribution in [2.24, 2.45) is 11.8 Å². The first-order valence-corrected chi connectivity index (χ1v) is 10.2. The lowest BCUT2D eigenvalue weighted by Crippen LogP contribution is -2.47. The average molecular weight is 347 g/mol. The minimum absolute atomic E-state index is 0.505. The Hall–Kier alpha value is -0.220. The van der Waals surface area contributed by atoms with Crippen LogP contribution >= 0.6 is 0 Å². The molecule has 0 aromatic rings. The topological polar surface area (TPSA) is 18.5 Å². The highest BCUT2D eigenvalue weighted by atomic mass is 19.2. The third-order valence-electron chi connectivity index (χ3n) is 5.76. The van der Waals surface area contributed by atoms with E-state index in [2.05, 4.69) is 6.92 Å². The van der Waals surface area contributed by atoms with E-state index >= 15 is 0 Å². The van der Waals surface area contributed by atoms with E-state index in [0.29, 0.717) is 32.0 Å². The van der Waals surface area contributed by atoms with Gasteiger partial charge in [0.25, 0.3) is 0 Å². The number of halogens is 2. The van der Waals surface area contributed by atoms with Gasteiger partial charge in [0.1, 0.15) is 0 Å². The van der Waals surface area contributed by atoms with Crippen LogP contribution in [0, 0.1) is 11.8 Å². The summed E-state index contributed by atoms with van der Waals surface area (Å²) in [5, 5.41) is 0. The zero-order valence-corrected chi connectivity index (χ0v) is 15.5. The molecule has 0 saturated heterocycles. The summed E-state index contributed by atoms with van der Waals surface area (Å²) in [4.78, 5) is 0. The minimum atomic E-state index is -1.54. The van der Waals surface area contributed by atoms with Gasteiger partial charge >= 0.3 is 0 Å². The van der Waals surface area contributed by atoms with Gasteiger partial charge < -0.3 is 9.47 Å². The number of rotatable bonds is 9. The van der Waals surface area contributed by atoms with E-state index in [4.69, 9.17) is 9.47 Å². The van der Waals surface area contributed by atoms with Crippen molar-refractivity contribution in [1.29, 1.82) is 0 Å². The van der Waals surface area contributed by atoms with Gasteiger partial charge in [-0.25, -0.2) is 8.78 Å². The number of unbranched alkanes of at least 4 members (excludes halogenated alkanes) is 1. The molecule has 2 aliphatic rings. The fraction of sp³-hybridized carbons (Fsp3) is 1.00. The molecule has 142 valence electrons. The highest BCUT2D eigenvalue weighted by Crippen LogP contribution is 2.34. The minimum Gasteiger partial charge on any atom is -0.375 e. The predicted octanol–water partition coefficient (Wildman–Crippen LogP) is 5.63. The third-order valence-corrected chi connectivity index (χ3v) is 5.76. The van der Waals surface area contributed by atoms with Crippen LogP contribution in [0.3, 0.4) is 0 Å². The second kappa shape index (κ2) is 10.7. The Morgan fingerprint density at radius 2 is 1.33 bits per heavy atom. The molecule has 0 amide bonds. The molecule has 0 radical (unpaired) electrons. The molecule has 2 fully saturated rings. The maximum Gasteiger partial charge on any atom is 0.160 e. The van der Waals surface area contributed by atoms with Gasteiger partial charge in [-0.3, -0.25) is 0 Å². The molecular weight excluding hydrogens is 310 g/mol. The molecule has 2 aliphatic carbocycles. The fourth-order valence-electron chi connectivity index (χ4n) is 4.12. The maximum absolute atomic E-state index is 14.3. The SMILES string of the molecule is CCCCC1CCC(COC2CCC(OCCC)C(F)C2F)CC1. The van der Waals surface area contributed by atoms with E-state index in [0.717, 1.165) is 12.3 Å². The van der Waals surface area contributed by atoms with Crippen LogP contribution in [0.15, 0.2) is 0 Å². The first kappa shape index (κ1) is 20.1. The van der Waals surface area contributed by atoms with Crippen LogP contribution < -0.4 is 0 Å². The predicted molar refractivity (Wildman–Crippen MR) is 93.8 cm³/mol. The first-order chi connectivity index (χ1) is 11.7. The molecule has 4 heteroatoms. The molecule has 0 aliphatic heterocycles. The van der Waals surface area contributed by atoms with Crippen LogP contribution in [0.1, 0.15) is 78.1 Å². The third kappa shape index (κ3) is 5.94. The lowest BCUT2D eigenvalue weighted by atomic mass is 9.80. The number of hydrogen-bond acceptors (Lipinski definition) is 2. The zero-order valence-electron chi connectivity index (χ0n) is 15.5. The summed E-state index contributed by atoms with van der Waals surface area (Å²) in [6.45, 7) is 5.32. The molecule has 4 unspecified atom stereocenters. The van der Waals surface area contributed by atoms with Crippen molar-refractivity contribution in [1.82, 2.24) is 0 Å². The Bertz CT molecular complexity index is 332. The molecule has 24 heavy (non-hydrogen) atoms. The monoisotopic (exact) mass is 346 g/mol. The van der Waals surface area contributed by atoms with Crippen molar-refractivity contribution < 1.29 is 18.3 Å². The summed E-state index contributed by atoms with van der Waals surface area (Å²) in [5.74, 6) is 1.40. The lowest BCUT2D eigenvalue weighted by molar-refractivity contribution is -0.123. The smallest absolute Gasteiger partial charge is 0.160 e. The van der Waals surface area contributed by atoms with Gasteiger partial charge in [0.15, 0.2) is 12.3 Å². The van der Waals surface area contributed by atoms with Gasteiger partial charge in [-0.2, -0.15) is 0 Å². The molecular formula is C20H36F2O2. The van der Waals surface area contributed by atoms with Gasteiger partial charge in [-0.05, 0) is 43.9 Å². The van der Waals surface area contributed by atoms with E-state index in [1.807, 2.05) is 6.92 Å². The summed E-state index contributed by atoms with van der Waals surface area (Å²) in [5.41, 5.74) is 0. The second-order valence-electron chi connectivity index (χ2n) is 7.78. The largest absolute Gasteiger partial charge is 0.375 e. The second-order valence-corrected chi connectivity index (χ2v) is 7.78. The molecule has 2 rings (SSSR count). The highest BCUT2D eigenvalue weighted by Gasteiger charge is 2.41. The summed E-state index contributed by atoms with van der Waals surface area (Å²) in [6, 6.07) is 0. The molecule has 2 saturated carbocycles. The van der Waals surface area contributed by atoms with Crippen molar-refractivity contribution in [2.45, 2.75) is 103 Å². The van der Waals surface area contributed by atoms with Gasteiger partial charge in [-0.15, -0.1) is 0 Å². The highest BCUT2D eigenvalue weighted by molar-refractivity contribution is 4.90. The van der Waals surface area contributed by atoms with Crippen LogP contribution in [0.2, 0.25) is 0 Å². The van der Waals surface area contributed by atoms with E-state index in [1.54, 1.807) is 0 Å². The molecule has 2 nitrogen and oxygen atoms in total. The van der Waals surface area contributed by atoms with Crippen LogP contribution in [0.4, 0.5) is 8.78 Å². The summed E-state index contributed by atoms with van der Waals surface area (Å²) >= 11 is 0. The van der Waals surface area contributed by atoms with Gasteiger partial charge in [0.05, 0.1) is 12.2 Å². The van der Waals surface area contributed by atoms with E-state index in [1.165, 1.54) is 44.9 Å². The zero-order chi connectivity index (χ0) is 17.4. The van der Waals surface area contributed by atoms with Crippen LogP contribution in [0.5, 0.6) is 0 Å². The van der Waals surface area contributed by atoms with Crippen LogP contribution in [-0.4, -0.2) is 37.8 Å². The molecule has 0 N–H and O–H groups in total. The molecule has 0 aromatic heterocycles. The standard InChI is InChI=1S/C20H36F2O2/c1-3-5-6-15-7-9-16(10-8-15)14-24-18-12-11-17(23-13-4-2)19(21)20(18)22/h15-20H,3-14H2,1-2H3. The quantitative estimate of drug-likeness (QED) is 0.538. The van der Waals surface area contributed by atoms with E-state index < -0.39 is 24.6 Å². The van der Waals surface area contributed by atoms with Crippen molar-refractivity contribution in [2.75, 3.05) is 13.2 Å². The first-order valence-electron chi connectivity index (χ1n) is 10.2. The lowest BCUT2D eigenvalue weighted by Gasteiger charge is -2.36. The van der Waals surface area contributed by atoms with Crippen molar-refractivity contribution in [3.05, 3.63) is 0 Å². The number of hydrogen-bond donors (Lipinski definition) is 0. The molecule has 0 spiro atoms. The fourth-order valence-corrected chi connectivity index (χ4v) is 4.12. The molecule has 0 heterocycles. The van der Waals surface area contributed by atoms with Crippen molar-refractivity contribution in [3.8, 4) is 0 Å². The Balaban J connectivity index is 1.66. The molecule has 0 aromatic carbocycles.